The van der Waals surface area contributed by atoms with Crippen molar-refractivity contribution in [2.45, 2.75) is 25.9 Å². The predicted molar refractivity (Wildman–Crippen MR) is 81.7 cm³/mol. The minimum absolute atomic E-state index is 0.327. The smallest absolute Gasteiger partial charge is 0.124 e. The van der Waals surface area contributed by atoms with E-state index in [1.165, 1.54) is 16.7 Å². The van der Waals surface area contributed by atoms with Crippen LogP contribution in [0.5, 0.6) is 11.5 Å². The molecule has 0 saturated heterocycles. The molecule has 1 atom stereocenters. The van der Waals surface area contributed by atoms with Crippen LogP contribution in [0.25, 0.3) is 0 Å². The first kappa shape index (κ1) is 13.5. The van der Waals surface area contributed by atoms with Crippen molar-refractivity contribution in [3.63, 3.8) is 0 Å². The number of thiophene rings is 1. The molecule has 0 bridgehead atoms. The van der Waals surface area contributed by atoms with Crippen LogP contribution in [0.15, 0.2) is 29.0 Å². The predicted octanol–water partition coefficient (Wildman–Crippen LogP) is 3.68. The van der Waals surface area contributed by atoms with Crippen molar-refractivity contribution in [1.29, 1.82) is 0 Å². The number of aryl methyl sites for hydroxylation is 1. The van der Waals surface area contributed by atoms with Crippen molar-refractivity contribution >= 4 is 11.3 Å². The van der Waals surface area contributed by atoms with E-state index >= 15 is 0 Å². The van der Waals surface area contributed by atoms with E-state index in [0.29, 0.717) is 6.04 Å². The number of ether oxygens (including phenoxy) is 2. The second-order valence-corrected chi connectivity index (χ2v) is 5.80. The Kier molecular flexibility index (Phi) is 3.94. The Morgan fingerprint density at radius 2 is 2.30 bits per heavy atom. The van der Waals surface area contributed by atoms with E-state index < -0.39 is 0 Å². The van der Waals surface area contributed by atoms with Crippen molar-refractivity contribution in [3.8, 4) is 11.5 Å². The van der Waals surface area contributed by atoms with Gasteiger partial charge >= 0.3 is 0 Å². The molecule has 1 unspecified atom stereocenters. The van der Waals surface area contributed by atoms with Gasteiger partial charge in [0, 0.05) is 24.6 Å². The average molecular weight is 289 g/mol. The fourth-order valence-electron chi connectivity index (χ4n) is 2.51. The quantitative estimate of drug-likeness (QED) is 0.931. The Bertz CT molecular complexity index is 594. The molecular formula is C16H19NO2S. The number of methoxy groups -OCH3 is 1. The summed E-state index contributed by atoms with van der Waals surface area (Å²) in [6, 6.07) is 6.35. The molecule has 3 rings (SSSR count). The van der Waals surface area contributed by atoms with Crippen LogP contribution in [-0.4, -0.2) is 13.7 Å². The van der Waals surface area contributed by atoms with Crippen LogP contribution in [0.1, 0.15) is 29.2 Å². The molecule has 20 heavy (non-hydrogen) atoms. The van der Waals surface area contributed by atoms with Gasteiger partial charge in [-0.25, -0.2) is 0 Å². The van der Waals surface area contributed by atoms with Gasteiger partial charge in [-0.2, -0.15) is 11.3 Å². The van der Waals surface area contributed by atoms with Crippen LogP contribution < -0.4 is 14.8 Å². The summed E-state index contributed by atoms with van der Waals surface area (Å²) in [5.41, 5.74) is 3.94. The van der Waals surface area contributed by atoms with Crippen LogP contribution >= 0.6 is 11.3 Å². The molecule has 2 heterocycles. The highest BCUT2D eigenvalue weighted by Crippen LogP contribution is 2.35. The standard InChI is InChI=1S/C16H19NO2S/c1-11-9-20-10-12(11)8-17-15-5-6-19-16-4-3-13(18-2)7-14(15)16/h3-4,7,9-10,15,17H,5-6,8H2,1-2H3. The number of hydrogen-bond acceptors (Lipinski definition) is 4. The van der Waals surface area contributed by atoms with Crippen LogP contribution in [0.2, 0.25) is 0 Å². The van der Waals surface area contributed by atoms with E-state index in [2.05, 4.69) is 29.1 Å². The van der Waals surface area contributed by atoms with Gasteiger partial charge in [0.15, 0.2) is 0 Å². The maximum atomic E-state index is 5.72. The molecule has 1 N–H and O–H groups in total. The van der Waals surface area contributed by atoms with Crippen molar-refractivity contribution in [3.05, 3.63) is 45.6 Å². The van der Waals surface area contributed by atoms with E-state index in [1.807, 2.05) is 12.1 Å². The third-order valence-electron chi connectivity index (χ3n) is 3.76. The second-order valence-electron chi connectivity index (χ2n) is 5.05. The molecule has 0 spiro atoms. The second kappa shape index (κ2) is 5.85. The van der Waals surface area contributed by atoms with E-state index in [0.717, 1.165) is 31.1 Å². The summed E-state index contributed by atoms with van der Waals surface area (Å²) in [5.74, 6) is 1.85. The Labute approximate surface area is 123 Å². The Morgan fingerprint density at radius 1 is 1.40 bits per heavy atom. The lowest BCUT2D eigenvalue weighted by atomic mass is 10.00. The maximum absolute atomic E-state index is 5.72. The molecule has 1 aliphatic heterocycles. The van der Waals surface area contributed by atoms with E-state index in [9.17, 15) is 0 Å². The summed E-state index contributed by atoms with van der Waals surface area (Å²) in [6.45, 7) is 3.82. The number of rotatable bonds is 4. The van der Waals surface area contributed by atoms with Crippen LogP contribution in [-0.2, 0) is 6.54 Å². The molecule has 106 valence electrons. The molecule has 0 radical (unpaired) electrons. The summed E-state index contributed by atoms with van der Waals surface area (Å²) in [6.07, 6.45) is 0.989. The molecule has 1 aliphatic rings. The van der Waals surface area contributed by atoms with Gasteiger partial charge < -0.3 is 14.8 Å². The molecule has 0 amide bonds. The zero-order valence-corrected chi connectivity index (χ0v) is 12.6. The first-order chi connectivity index (χ1) is 9.78. The molecular weight excluding hydrogens is 270 g/mol. The lowest BCUT2D eigenvalue weighted by Gasteiger charge is -2.27. The minimum Gasteiger partial charge on any atom is -0.497 e. The highest BCUT2D eigenvalue weighted by molar-refractivity contribution is 7.08. The Morgan fingerprint density at radius 3 is 3.05 bits per heavy atom. The van der Waals surface area contributed by atoms with E-state index in [-0.39, 0.29) is 0 Å². The van der Waals surface area contributed by atoms with Gasteiger partial charge in [0.1, 0.15) is 11.5 Å². The average Bonchev–Trinajstić information content (AvgIpc) is 2.89. The lowest BCUT2D eigenvalue weighted by molar-refractivity contribution is 0.251. The van der Waals surface area contributed by atoms with Gasteiger partial charge in [0.05, 0.1) is 13.7 Å². The number of fused-ring (bicyclic) bond motifs is 1. The summed E-state index contributed by atoms with van der Waals surface area (Å²) >= 11 is 1.76. The van der Waals surface area contributed by atoms with Crippen LogP contribution in [0.4, 0.5) is 0 Å². The van der Waals surface area contributed by atoms with Crippen molar-refractivity contribution in [2.24, 2.45) is 0 Å². The van der Waals surface area contributed by atoms with Gasteiger partial charge in [0.2, 0.25) is 0 Å². The van der Waals surface area contributed by atoms with Crippen LogP contribution in [0, 0.1) is 6.92 Å². The summed E-state index contributed by atoms with van der Waals surface area (Å²) in [7, 11) is 1.70. The molecule has 1 aromatic carbocycles. The van der Waals surface area contributed by atoms with Gasteiger partial charge in [-0.1, -0.05) is 0 Å². The minimum atomic E-state index is 0.327. The molecule has 4 heteroatoms. The zero-order chi connectivity index (χ0) is 13.9. The summed E-state index contributed by atoms with van der Waals surface area (Å²) in [5, 5.41) is 8.05. The first-order valence-corrected chi connectivity index (χ1v) is 7.78. The van der Waals surface area contributed by atoms with Gasteiger partial charge in [-0.05, 0) is 47.0 Å². The molecule has 3 nitrogen and oxygen atoms in total. The maximum Gasteiger partial charge on any atom is 0.124 e. The monoisotopic (exact) mass is 289 g/mol. The third kappa shape index (κ3) is 2.67. The normalized spacial score (nSPS) is 17.4. The van der Waals surface area contributed by atoms with E-state index in [4.69, 9.17) is 9.47 Å². The topological polar surface area (TPSA) is 30.5 Å². The fraction of sp³-hybridized carbons (Fsp3) is 0.375. The third-order valence-corrected chi connectivity index (χ3v) is 4.67. The first-order valence-electron chi connectivity index (χ1n) is 6.83. The summed E-state index contributed by atoms with van der Waals surface area (Å²) < 4.78 is 11.0. The van der Waals surface area contributed by atoms with E-state index in [1.54, 1.807) is 18.4 Å². The van der Waals surface area contributed by atoms with Gasteiger partial charge in [-0.15, -0.1) is 0 Å². The largest absolute Gasteiger partial charge is 0.497 e. The number of nitrogens with one attached hydrogen (secondary N) is 1. The molecule has 2 aromatic rings. The van der Waals surface area contributed by atoms with Crippen LogP contribution in [0.3, 0.4) is 0 Å². The van der Waals surface area contributed by atoms with Gasteiger partial charge in [-0.3, -0.25) is 0 Å². The van der Waals surface area contributed by atoms with Crippen molar-refractivity contribution < 1.29 is 9.47 Å². The number of benzene rings is 1. The summed E-state index contributed by atoms with van der Waals surface area (Å²) in [4.78, 5) is 0. The SMILES string of the molecule is COc1ccc2c(c1)C(NCc1cscc1C)CCO2. The highest BCUT2D eigenvalue weighted by Gasteiger charge is 2.21. The van der Waals surface area contributed by atoms with Gasteiger partial charge in [0.25, 0.3) is 0 Å². The molecule has 0 aliphatic carbocycles. The molecule has 1 aromatic heterocycles. The molecule has 0 saturated carbocycles. The molecule has 0 fully saturated rings. The lowest BCUT2D eigenvalue weighted by Crippen LogP contribution is -2.26. The Balaban J connectivity index is 1.77. The fourth-order valence-corrected chi connectivity index (χ4v) is 3.37. The zero-order valence-electron chi connectivity index (χ0n) is 11.8. The van der Waals surface area contributed by atoms with Crippen molar-refractivity contribution in [2.75, 3.05) is 13.7 Å². The Hall–Kier alpha value is -1.52. The van der Waals surface area contributed by atoms with Crippen molar-refractivity contribution in [1.82, 2.24) is 5.32 Å². The highest BCUT2D eigenvalue weighted by atomic mass is 32.1. The number of hydrogen-bond donors (Lipinski definition) is 1.